The fourth-order valence-corrected chi connectivity index (χ4v) is 4.26. The highest BCUT2D eigenvalue weighted by molar-refractivity contribution is 5.69. The van der Waals surface area contributed by atoms with Crippen molar-refractivity contribution in [2.45, 2.75) is 79.1 Å². The molecule has 0 N–H and O–H groups in total. The summed E-state index contributed by atoms with van der Waals surface area (Å²) in [5.74, 6) is 18.7. The Kier molecular flexibility index (Phi) is 12.8. The van der Waals surface area contributed by atoms with E-state index in [2.05, 4.69) is 35.5 Å². The fourth-order valence-electron chi connectivity index (χ4n) is 4.26. The van der Waals surface area contributed by atoms with Crippen molar-refractivity contribution in [3.63, 3.8) is 0 Å². The molecule has 0 saturated carbocycles. The van der Waals surface area contributed by atoms with Crippen LogP contribution in [-0.2, 0) is 14.2 Å². The highest BCUT2D eigenvalue weighted by Gasteiger charge is 2.21. The van der Waals surface area contributed by atoms with Crippen LogP contribution in [0.2, 0.25) is 0 Å². The molecule has 0 fully saturated rings. The molecule has 4 aromatic carbocycles. The van der Waals surface area contributed by atoms with Crippen LogP contribution in [0.25, 0.3) is 0 Å². The van der Waals surface area contributed by atoms with Gasteiger partial charge in [0.25, 0.3) is 0 Å². The van der Waals surface area contributed by atoms with Crippen LogP contribution in [0.15, 0.2) is 91.0 Å². The minimum Gasteiger partial charge on any atom is -0.428 e. The lowest BCUT2D eigenvalue weighted by Crippen LogP contribution is -2.26. The van der Waals surface area contributed by atoms with Crippen LogP contribution in [0, 0.1) is 35.5 Å². The third-order valence-corrected chi connectivity index (χ3v) is 6.40. The molecule has 0 heterocycles. The molecule has 4 aromatic rings. The summed E-state index contributed by atoms with van der Waals surface area (Å²) in [7, 11) is 0. The van der Waals surface area contributed by atoms with Gasteiger partial charge >= 0.3 is 18.5 Å². The third kappa shape index (κ3) is 13.8. The molecule has 276 valence electrons. The zero-order valence-electron chi connectivity index (χ0n) is 31.8. The Morgan fingerprint density at radius 2 is 0.741 bits per heavy atom. The number of ether oxygens (including phenoxy) is 6. The summed E-state index contributed by atoms with van der Waals surface area (Å²) in [5, 5.41) is 0. The SMILES string of the molecule is CC(C)(C)OC(=O)Oc1ccccc1C#Cc1ccc(C#Cc2ccc(C#Cc3ccccc3)c(OC(=O)OC(C)(C)C)c2)c(OC(=O)OC(C)(C)C)c1. The molecule has 0 aliphatic carbocycles. The Bertz CT molecular complexity index is 2200. The Hall–Kier alpha value is -6.63. The van der Waals surface area contributed by atoms with Crippen LogP contribution >= 0.6 is 0 Å². The molecule has 4 rings (SSSR count). The van der Waals surface area contributed by atoms with Gasteiger partial charge in [0, 0.05) is 16.7 Å². The molecule has 0 bridgehead atoms. The Labute approximate surface area is 316 Å². The van der Waals surface area contributed by atoms with E-state index < -0.39 is 35.3 Å². The summed E-state index contributed by atoms with van der Waals surface area (Å²) in [5.41, 5.74) is 0.651. The Balaban J connectivity index is 1.70. The predicted molar refractivity (Wildman–Crippen MR) is 204 cm³/mol. The van der Waals surface area contributed by atoms with Crippen LogP contribution in [0.1, 0.15) is 95.7 Å². The predicted octanol–water partition coefficient (Wildman–Crippen LogP) is 9.83. The first-order valence-electron chi connectivity index (χ1n) is 17.0. The molecule has 0 aromatic heterocycles. The van der Waals surface area contributed by atoms with Gasteiger partial charge in [-0.25, -0.2) is 14.4 Å². The van der Waals surface area contributed by atoms with E-state index in [0.717, 1.165) is 5.56 Å². The maximum Gasteiger partial charge on any atom is 0.514 e. The molecule has 0 saturated heterocycles. The van der Waals surface area contributed by atoms with Gasteiger partial charge in [-0.2, -0.15) is 0 Å². The second-order valence-corrected chi connectivity index (χ2v) is 14.7. The van der Waals surface area contributed by atoms with E-state index in [9.17, 15) is 14.4 Å². The van der Waals surface area contributed by atoms with E-state index in [1.54, 1.807) is 123 Å². The number of hydrogen-bond donors (Lipinski definition) is 0. The molecule has 9 heteroatoms. The van der Waals surface area contributed by atoms with Gasteiger partial charge in [-0.05, 0) is 123 Å². The van der Waals surface area contributed by atoms with Crippen LogP contribution in [-0.4, -0.2) is 35.3 Å². The molecule has 0 amide bonds. The number of hydrogen-bond acceptors (Lipinski definition) is 9. The van der Waals surface area contributed by atoms with E-state index >= 15 is 0 Å². The van der Waals surface area contributed by atoms with E-state index in [1.807, 2.05) is 30.3 Å². The van der Waals surface area contributed by atoms with E-state index in [4.69, 9.17) is 28.4 Å². The van der Waals surface area contributed by atoms with Crippen LogP contribution in [0.3, 0.4) is 0 Å². The fraction of sp³-hybridized carbons (Fsp3) is 0.267. The molecule has 0 atom stereocenters. The van der Waals surface area contributed by atoms with Gasteiger partial charge in [0.2, 0.25) is 0 Å². The average Bonchev–Trinajstić information content (AvgIpc) is 3.05. The lowest BCUT2D eigenvalue weighted by atomic mass is 10.1. The van der Waals surface area contributed by atoms with Gasteiger partial charge in [-0.15, -0.1) is 0 Å². The molecule has 0 unspecified atom stereocenters. The Morgan fingerprint density at radius 3 is 1.17 bits per heavy atom. The molecule has 0 aliphatic heterocycles. The van der Waals surface area contributed by atoms with E-state index in [-0.39, 0.29) is 17.2 Å². The minimum atomic E-state index is -0.929. The average molecular weight is 727 g/mol. The molecular weight excluding hydrogens is 684 g/mol. The maximum atomic E-state index is 12.8. The first-order valence-corrected chi connectivity index (χ1v) is 17.0. The van der Waals surface area contributed by atoms with Crippen molar-refractivity contribution in [3.05, 3.63) is 124 Å². The second-order valence-electron chi connectivity index (χ2n) is 14.7. The number of benzene rings is 4. The monoisotopic (exact) mass is 726 g/mol. The topological polar surface area (TPSA) is 107 Å². The van der Waals surface area contributed by atoms with E-state index in [0.29, 0.717) is 27.8 Å². The highest BCUT2D eigenvalue weighted by atomic mass is 16.7. The summed E-state index contributed by atoms with van der Waals surface area (Å²) in [6, 6.07) is 26.1. The zero-order chi connectivity index (χ0) is 39.5. The number of rotatable bonds is 3. The third-order valence-electron chi connectivity index (χ3n) is 6.40. The van der Waals surface area contributed by atoms with Gasteiger partial charge in [0.15, 0.2) is 11.5 Å². The van der Waals surface area contributed by atoms with Gasteiger partial charge in [0.05, 0.1) is 16.7 Å². The number of para-hydroxylation sites is 1. The van der Waals surface area contributed by atoms with Crippen LogP contribution < -0.4 is 14.2 Å². The largest absolute Gasteiger partial charge is 0.514 e. The molecule has 0 aliphatic rings. The van der Waals surface area contributed by atoms with Crippen molar-refractivity contribution in [3.8, 4) is 52.8 Å². The van der Waals surface area contributed by atoms with Gasteiger partial charge < -0.3 is 28.4 Å². The van der Waals surface area contributed by atoms with Crippen molar-refractivity contribution in [1.82, 2.24) is 0 Å². The molecule has 0 radical (unpaired) electrons. The minimum absolute atomic E-state index is 0.0948. The lowest BCUT2D eigenvalue weighted by Gasteiger charge is -2.19. The van der Waals surface area contributed by atoms with Gasteiger partial charge in [-0.3, -0.25) is 0 Å². The van der Waals surface area contributed by atoms with Gasteiger partial charge in [0.1, 0.15) is 22.6 Å². The van der Waals surface area contributed by atoms with Crippen molar-refractivity contribution in [2.24, 2.45) is 0 Å². The quantitative estimate of drug-likeness (QED) is 0.0883. The standard InChI is InChI=1S/C45H42O9/c1-43(2,3)52-40(46)49-37-18-14-13-17-34(37)25-20-32-22-27-36(39(29-32)51-42(48)54-45(7,8)9)28-23-33-21-26-35(24-19-31-15-11-10-12-16-31)38(30-33)50-41(47)53-44(4,5)6/h10-18,21-22,26-27,29-30H,1-9H3. The summed E-state index contributed by atoms with van der Waals surface area (Å²) in [6.07, 6.45) is -2.67. The molecule has 9 nitrogen and oxygen atoms in total. The first kappa shape index (κ1) is 40.1. The van der Waals surface area contributed by atoms with Crippen molar-refractivity contribution in [2.75, 3.05) is 0 Å². The highest BCUT2D eigenvalue weighted by Crippen LogP contribution is 2.25. The second kappa shape index (κ2) is 17.3. The van der Waals surface area contributed by atoms with Crippen molar-refractivity contribution < 1.29 is 42.8 Å². The number of carbonyl (C=O) groups is 3. The van der Waals surface area contributed by atoms with Crippen LogP contribution in [0.5, 0.6) is 17.2 Å². The number of carbonyl (C=O) groups excluding carboxylic acids is 3. The van der Waals surface area contributed by atoms with Crippen molar-refractivity contribution in [1.29, 1.82) is 0 Å². The first-order chi connectivity index (χ1) is 25.3. The normalized spacial score (nSPS) is 10.8. The van der Waals surface area contributed by atoms with E-state index in [1.165, 1.54) is 0 Å². The lowest BCUT2D eigenvalue weighted by molar-refractivity contribution is 0.0192. The molecule has 54 heavy (non-hydrogen) atoms. The summed E-state index contributed by atoms with van der Waals surface area (Å²) in [4.78, 5) is 37.8. The van der Waals surface area contributed by atoms with Gasteiger partial charge in [-0.1, -0.05) is 65.9 Å². The smallest absolute Gasteiger partial charge is 0.428 e. The molecular formula is C45H42O9. The molecule has 0 spiro atoms. The maximum absolute atomic E-state index is 12.8. The summed E-state index contributed by atoms with van der Waals surface area (Å²) < 4.78 is 32.7. The summed E-state index contributed by atoms with van der Waals surface area (Å²) in [6.45, 7) is 15.6. The van der Waals surface area contributed by atoms with Crippen molar-refractivity contribution >= 4 is 18.5 Å². The van der Waals surface area contributed by atoms with Crippen LogP contribution in [0.4, 0.5) is 14.4 Å². The summed E-state index contributed by atoms with van der Waals surface area (Å²) >= 11 is 0. The zero-order valence-corrected chi connectivity index (χ0v) is 31.8. The Morgan fingerprint density at radius 1 is 0.389 bits per heavy atom.